The Morgan fingerprint density at radius 1 is 0.921 bits per heavy atom. The van der Waals surface area contributed by atoms with Crippen molar-refractivity contribution in [2.75, 3.05) is 16.8 Å². The second-order valence-electron chi connectivity index (χ2n) is 10.1. The zero-order valence-corrected chi connectivity index (χ0v) is 22.4. The maximum Gasteiger partial charge on any atom is 0.322 e. The molecule has 4 aromatic rings. The van der Waals surface area contributed by atoms with Gasteiger partial charge in [-0.2, -0.15) is 0 Å². The monoisotopic (exact) mass is 506 g/mol. The van der Waals surface area contributed by atoms with Gasteiger partial charge in [0.15, 0.2) is 0 Å². The molecular formula is C32H34N4O2. The fraction of sp³-hybridized carbons (Fsp3) is 0.250. The predicted octanol–water partition coefficient (Wildman–Crippen LogP) is 6.73. The first-order valence-electron chi connectivity index (χ1n) is 13.2. The van der Waals surface area contributed by atoms with E-state index in [1.54, 1.807) is 4.90 Å². The van der Waals surface area contributed by atoms with Gasteiger partial charge in [-0.3, -0.25) is 9.69 Å². The number of amides is 3. The number of nitrogens with zero attached hydrogens (tertiary/aromatic N) is 3. The van der Waals surface area contributed by atoms with E-state index in [0.29, 0.717) is 0 Å². The molecule has 0 bridgehead atoms. The molecule has 5 rings (SSSR count). The van der Waals surface area contributed by atoms with Crippen LogP contribution in [0.2, 0.25) is 0 Å². The van der Waals surface area contributed by atoms with E-state index in [9.17, 15) is 9.59 Å². The summed E-state index contributed by atoms with van der Waals surface area (Å²) in [6, 6.07) is 27.4. The molecular weight excluding hydrogens is 472 g/mol. The molecule has 0 radical (unpaired) electrons. The molecule has 0 aliphatic carbocycles. The van der Waals surface area contributed by atoms with Crippen LogP contribution in [0.25, 0.3) is 5.69 Å². The smallest absolute Gasteiger partial charge is 0.316 e. The van der Waals surface area contributed by atoms with Crippen molar-refractivity contribution >= 4 is 23.3 Å². The van der Waals surface area contributed by atoms with Crippen molar-refractivity contribution < 1.29 is 9.59 Å². The summed E-state index contributed by atoms with van der Waals surface area (Å²) in [6.07, 6.45) is 2.92. The number of benzene rings is 3. The van der Waals surface area contributed by atoms with Crippen LogP contribution in [0.4, 0.5) is 16.2 Å². The van der Waals surface area contributed by atoms with Gasteiger partial charge >= 0.3 is 6.03 Å². The minimum absolute atomic E-state index is 0.0472. The average Bonchev–Trinajstić information content (AvgIpc) is 3.41. The normalized spacial score (nSPS) is 14.1. The minimum Gasteiger partial charge on any atom is -0.316 e. The number of urea groups is 1. The molecule has 194 valence electrons. The Bertz CT molecular complexity index is 1450. The first-order valence-corrected chi connectivity index (χ1v) is 13.2. The van der Waals surface area contributed by atoms with Gasteiger partial charge in [-0.25, -0.2) is 4.79 Å². The SMILES string of the molecule is CCc1cccc(NC(=O)N(CC(=O)N2c3ccccc3-n3cccc3C2c2ccc(C)cc2)C(C)C)c1. The Morgan fingerprint density at radius 2 is 1.66 bits per heavy atom. The van der Waals surface area contributed by atoms with Crippen LogP contribution in [0.1, 0.15) is 49.2 Å². The van der Waals surface area contributed by atoms with Crippen molar-refractivity contribution in [2.24, 2.45) is 0 Å². The fourth-order valence-corrected chi connectivity index (χ4v) is 5.10. The van der Waals surface area contributed by atoms with Crippen LogP contribution in [0.3, 0.4) is 0 Å². The second-order valence-corrected chi connectivity index (χ2v) is 10.1. The van der Waals surface area contributed by atoms with Crippen molar-refractivity contribution in [1.82, 2.24) is 9.47 Å². The Morgan fingerprint density at radius 3 is 2.37 bits per heavy atom. The zero-order valence-electron chi connectivity index (χ0n) is 22.4. The number of carbonyl (C=O) groups is 2. The van der Waals surface area contributed by atoms with Gasteiger partial charge in [0.1, 0.15) is 12.6 Å². The fourth-order valence-electron chi connectivity index (χ4n) is 5.10. The predicted molar refractivity (Wildman–Crippen MR) is 153 cm³/mol. The van der Waals surface area contributed by atoms with E-state index in [1.165, 1.54) is 0 Å². The van der Waals surface area contributed by atoms with Gasteiger partial charge in [0.05, 0.1) is 17.1 Å². The molecule has 0 spiro atoms. The lowest BCUT2D eigenvalue weighted by Gasteiger charge is -2.40. The molecule has 3 amide bonds. The highest BCUT2D eigenvalue weighted by Crippen LogP contribution is 2.42. The number of para-hydroxylation sites is 2. The lowest BCUT2D eigenvalue weighted by molar-refractivity contribution is -0.119. The molecule has 1 atom stereocenters. The van der Waals surface area contributed by atoms with Crippen LogP contribution in [0.15, 0.2) is 91.1 Å². The topological polar surface area (TPSA) is 57.6 Å². The average molecular weight is 507 g/mol. The van der Waals surface area contributed by atoms with E-state index in [1.807, 2.05) is 79.5 Å². The highest BCUT2D eigenvalue weighted by atomic mass is 16.2. The van der Waals surface area contributed by atoms with E-state index >= 15 is 0 Å². The Hall–Kier alpha value is -4.32. The Kier molecular flexibility index (Phi) is 7.05. The van der Waals surface area contributed by atoms with Crippen molar-refractivity contribution in [1.29, 1.82) is 0 Å². The van der Waals surface area contributed by atoms with Crippen LogP contribution in [0.5, 0.6) is 0 Å². The lowest BCUT2D eigenvalue weighted by atomic mass is 9.97. The molecule has 1 aromatic heterocycles. The maximum atomic E-state index is 14.2. The zero-order chi connectivity index (χ0) is 26.8. The maximum absolute atomic E-state index is 14.2. The largest absolute Gasteiger partial charge is 0.322 e. The number of carbonyl (C=O) groups excluding carboxylic acids is 2. The first-order chi connectivity index (χ1) is 18.4. The summed E-state index contributed by atoms with van der Waals surface area (Å²) in [5, 5.41) is 3.00. The van der Waals surface area contributed by atoms with Crippen molar-refractivity contribution in [3.63, 3.8) is 0 Å². The van der Waals surface area contributed by atoms with Gasteiger partial charge in [-0.15, -0.1) is 0 Å². The minimum atomic E-state index is -0.314. The van der Waals surface area contributed by atoms with Crippen LogP contribution in [-0.4, -0.2) is 34.0 Å². The number of aryl methyl sites for hydroxylation is 2. The summed E-state index contributed by atoms with van der Waals surface area (Å²) in [4.78, 5) is 31.1. The lowest BCUT2D eigenvalue weighted by Crippen LogP contribution is -2.49. The summed E-state index contributed by atoms with van der Waals surface area (Å²) in [5.74, 6) is -0.137. The van der Waals surface area contributed by atoms with Gasteiger partial charge in [0.25, 0.3) is 0 Å². The molecule has 0 saturated carbocycles. The van der Waals surface area contributed by atoms with Crippen LogP contribution >= 0.6 is 0 Å². The number of rotatable bonds is 6. The molecule has 6 heteroatoms. The third-order valence-corrected chi connectivity index (χ3v) is 7.16. The van der Waals surface area contributed by atoms with Crippen LogP contribution < -0.4 is 10.2 Å². The number of nitrogens with one attached hydrogen (secondary N) is 1. The summed E-state index contributed by atoms with van der Waals surface area (Å²) in [7, 11) is 0. The number of fused-ring (bicyclic) bond motifs is 3. The molecule has 3 aromatic carbocycles. The van der Waals surface area contributed by atoms with Gasteiger partial charge in [0, 0.05) is 17.9 Å². The van der Waals surface area contributed by atoms with Crippen molar-refractivity contribution in [3.05, 3.63) is 114 Å². The Labute approximate surface area is 224 Å². The Balaban J connectivity index is 1.50. The number of anilines is 2. The molecule has 6 nitrogen and oxygen atoms in total. The molecule has 0 fully saturated rings. The molecule has 1 aliphatic heterocycles. The van der Waals surface area contributed by atoms with Crippen molar-refractivity contribution in [2.45, 2.75) is 46.2 Å². The van der Waals surface area contributed by atoms with Crippen LogP contribution in [-0.2, 0) is 11.2 Å². The molecule has 1 unspecified atom stereocenters. The van der Waals surface area contributed by atoms with E-state index in [2.05, 4.69) is 54.1 Å². The second kappa shape index (κ2) is 10.6. The first kappa shape index (κ1) is 25.3. The van der Waals surface area contributed by atoms with E-state index in [0.717, 1.165) is 45.9 Å². The van der Waals surface area contributed by atoms with Crippen molar-refractivity contribution in [3.8, 4) is 5.69 Å². The van der Waals surface area contributed by atoms with E-state index in [-0.39, 0.29) is 30.6 Å². The molecule has 2 heterocycles. The summed E-state index contributed by atoms with van der Waals surface area (Å²) in [5.41, 5.74) is 6.84. The molecule has 0 saturated heterocycles. The van der Waals surface area contributed by atoms with Gasteiger partial charge in [-0.05, 0) is 74.7 Å². The number of hydrogen-bond acceptors (Lipinski definition) is 2. The summed E-state index contributed by atoms with van der Waals surface area (Å²) >= 11 is 0. The molecule has 1 aliphatic rings. The summed E-state index contributed by atoms with van der Waals surface area (Å²) in [6.45, 7) is 7.96. The van der Waals surface area contributed by atoms with E-state index < -0.39 is 0 Å². The standard InChI is InChI=1S/C32H34N4O2/c1-5-24-10-8-11-26(20-24)33-32(38)35(22(2)3)21-30(37)36-28-13-7-6-12-27(28)34-19-9-14-29(34)31(36)25-17-15-23(4)16-18-25/h6-20,22,31H,5,21H2,1-4H3,(H,33,38). The summed E-state index contributed by atoms with van der Waals surface area (Å²) < 4.78 is 2.15. The molecule has 38 heavy (non-hydrogen) atoms. The highest BCUT2D eigenvalue weighted by molar-refractivity contribution is 6.01. The van der Waals surface area contributed by atoms with Gasteiger partial charge in [-0.1, -0.05) is 61.0 Å². The van der Waals surface area contributed by atoms with Gasteiger partial charge < -0.3 is 14.8 Å². The third kappa shape index (κ3) is 4.82. The van der Waals surface area contributed by atoms with Crippen LogP contribution in [0, 0.1) is 6.92 Å². The quantitative estimate of drug-likeness (QED) is 0.315. The van der Waals surface area contributed by atoms with E-state index in [4.69, 9.17) is 0 Å². The number of aromatic nitrogens is 1. The van der Waals surface area contributed by atoms with Gasteiger partial charge in [0.2, 0.25) is 5.91 Å². The highest BCUT2D eigenvalue weighted by Gasteiger charge is 2.37. The third-order valence-electron chi connectivity index (χ3n) is 7.16. The number of hydrogen-bond donors (Lipinski definition) is 1. The molecule has 1 N–H and O–H groups in total.